The van der Waals surface area contributed by atoms with Crippen molar-refractivity contribution in [1.29, 1.82) is 0 Å². The first-order chi connectivity index (χ1) is 16.1. The number of likely N-dealkylation sites (tertiary alicyclic amines) is 1. The fraction of sp³-hybridized carbons (Fsp3) is 0.440. The summed E-state index contributed by atoms with van der Waals surface area (Å²) in [4.78, 5) is 23.0. The summed E-state index contributed by atoms with van der Waals surface area (Å²) < 4.78 is 3.60. The quantitative estimate of drug-likeness (QED) is 0.480. The van der Waals surface area contributed by atoms with Gasteiger partial charge < -0.3 is 9.80 Å². The van der Waals surface area contributed by atoms with Crippen molar-refractivity contribution < 1.29 is 4.79 Å². The van der Waals surface area contributed by atoms with Gasteiger partial charge in [0.1, 0.15) is 11.5 Å². The van der Waals surface area contributed by atoms with E-state index in [1.165, 1.54) is 6.42 Å². The summed E-state index contributed by atoms with van der Waals surface area (Å²) in [5.41, 5.74) is 4.40. The minimum Gasteiger partial charge on any atom is -0.356 e. The third kappa shape index (κ3) is 3.44. The maximum absolute atomic E-state index is 13.6. The highest BCUT2D eigenvalue weighted by atomic mass is 16.2. The van der Waals surface area contributed by atoms with Gasteiger partial charge in [0, 0.05) is 37.5 Å². The molecule has 0 N–H and O–H groups in total. The largest absolute Gasteiger partial charge is 0.356 e. The maximum Gasteiger partial charge on any atom is 0.273 e. The standard InChI is InChI=1S/C25H29N7O/c1-17-10-13-29(15-17)24-18(2)16-31-23(27-24)14-20(28-31)21-7-3-4-12-30(21)25(33)22-8-5-6-19-9-11-26-32(19)22/h5-6,8-9,11,14,16-17,21H,3-4,7,10,12-13,15H2,1-2H3/t17-,21-/m0/s1. The summed E-state index contributed by atoms with van der Waals surface area (Å²) in [7, 11) is 0. The predicted molar refractivity (Wildman–Crippen MR) is 127 cm³/mol. The van der Waals surface area contributed by atoms with Crippen LogP contribution in [-0.4, -0.2) is 54.7 Å². The highest BCUT2D eigenvalue weighted by molar-refractivity contribution is 5.93. The topological polar surface area (TPSA) is 71.0 Å². The van der Waals surface area contributed by atoms with E-state index < -0.39 is 0 Å². The molecule has 6 heterocycles. The summed E-state index contributed by atoms with van der Waals surface area (Å²) >= 11 is 0. The average molecular weight is 444 g/mol. The second kappa shape index (κ2) is 7.86. The molecule has 2 saturated heterocycles. The van der Waals surface area contributed by atoms with E-state index in [-0.39, 0.29) is 11.9 Å². The van der Waals surface area contributed by atoms with E-state index in [0.29, 0.717) is 11.6 Å². The zero-order valence-corrected chi connectivity index (χ0v) is 19.2. The van der Waals surface area contributed by atoms with Crippen LogP contribution in [0, 0.1) is 12.8 Å². The van der Waals surface area contributed by atoms with Gasteiger partial charge in [-0.2, -0.15) is 10.2 Å². The number of aryl methyl sites for hydroxylation is 1. The van der Waals surface area contributed by atoms with Crippen LogP contribution in [0.2, 0.25) is 0 Å². The lowest BCUT2D eigenvalue weighted by Crippen LogP contribution is -2.39. The van der Waals surface area contributed by atoms with Crippen LogP contribution in [0.15, 0.2) is 42.7 Å². The number of hydrogen-bond donors (Lipinski definition) is 0. The third-order valence-corrected chi connectivity index (χ3v) is 7.09. The van der Waals surface area contributed by atoms with Gasteiger partial charge in [-0.15, -0.1) is 0 Å². The second-order valence-corrected chi connectivity index (χ2v) is 9.55. The number of amides is 1. The number of anilines is 1. The minimum absolute atomic E-state index is 0.00180. The number of nitrogens with zero attached hydrogens (tertiary/aromatic N) is 7. The highest BCUT2D eigenvalue weighted by Crippen LogP contribution is 2.33. The Kier molecular flexibility index (Phi) is 4.81. The number of carbonyl (C=O) groups is 1. The first kappa shape index (κ1) is 20.2. The number of rotatable bonds is 3. The van der Waals surface area contributed by atoms with Crippen LogP contribution in [-0.2, 0) is 0 Å². The molecule has 0 unspecified atom stereocenters. The SMILES string of the molecule is Cc1cn2nc([C@@H]3CCCCN3C(=O)c3cccc4ccnn34)cc2nc1N1CC[C@H](C)C1. The molecule has 4 aromatic heterocycles. The van der Waals surface area contributed by atoms with Gasteiger partial charge in [0.2, 0.25) is 0 Å². The van der Waals surface area contributed by atoms with E-state index in [9.17, 15) is 4.79 Å². The van der Waals surface area contributed by atoms with Crippen molar-refractivity contribution in [2.75, 3.05) is 24.5 Å². The second-order valence-electron chi connectivity index (χ2n) is 9.55. The van der Waals surface area contributed by atoms with Crippen molar-refractivity contribution in [1.82, 2.24) is 29.1 Å². The van der Waals surface area contributed by atoms with Crippen LogP contribution in [0.1, 0.15) is 60.4 Å². The van der Waals surface area contributed by atoms with Crippen molar-refractivity contribution >= 4 is 22.9 Å². The van der Waals surface area contributed by atoms with Gasteiger partial charge in [0.05, 0.1) is 23.4 Å². The number of aromatic nitrogens is 5. The van der Waals surface area contributed by atoms with Gasteiger partial charge >= 0.3 is 0 Å². The number of piperidine rings is 1. The normalized spacial score (nSPS) is 21.4. The Hall–Kier alpha value is -3.42. The molecule has 0 aliphatic carbocycles. The fourth-order valence-electron chi connectivity index (χ4n) is 5.37. The van der Waals surface area contributed by atoms with Crippen molar-refractivity contribution in [3.05, 3.63) is 59.7 Å². The molecule has 4 aromatic rings. The molecule has 33 heavy (non-hydrogen) atoms. The molecule has 8 heteroatoms. The number of hydrogen-bond acceptors (Lipinski definition) is 5. The van der Waals surface area contributed by atoms with Crippen LogP contribution >= 0.6 is 0 Å². The van der Waals surface area contributed by atoms with Gasteiger partial charge in [-0.25, -0.2) is 14.0 Å². The van der Waals surface area contributed by atoms with Gasteiger partial charge in [-0.05, 0) is 56.7 Å². The molecule has 6 rings (SSSR count). The Balaban J connectivity index is 1.35. The molecule has 8 nitrogen and oxygen atoms in total. The maximum atomic E-state index is 13.6. The van der Waals surface area contributed by atoms with Gasteiger partial charge in [-0.1, -0.05) is 13.0 Å². The zero-order chi connectivity index (χ0) is 22.5. The molecule has 0 radical (unpaired) electrons. The lowest BCUT2D eigenvalue weighted by atomic mass is 9.99. The van der Waals surface area contributed by atoms with Gasteiger partial charge in [0.15, 0.2) is 5.65 Å². The first-order valence-electron chi connectivity index (χ1n) is 11.9. The van der Waals surface area contributed by atoms with Crippen molar-refractivity contribution in [2.24, 2.45) is 5.92 Å². The van der Waals surface area contributed by atoms with Crippen LogP contribution in [0.4, 0.5) is 5.82 Å². The molecule has 2 fully saturated rings. The van der Waals surface area contributed by atoms with Crippen LogP contribution in [0.5, 0.6) is 0 Å². The Morgan fingerprint density at radius 2 is 2.03 bits per heavy atom. The Labute approximate surface area is 192 Å². The molecule has 0 spiro atoms. The van der Waals surface area contributed by atoms with Crippen LogP contribution in [0.3, 0.4) is 0 Å². The van der Waals surface area contributed by atoms with E-state index >= 15 is 0 Å². The van der Waals surface area contributed by atoms with E-state index in [2.05, 4.69) is 36.1 Å². The minimum atomic E-state index is -0.0608. The van der Waals surface area contributed by atoms with Crippen LogP contribution < -0.4 is 4.90 Å². The Bertz CT molecular complexity index is 1340. The summed E-state index contributed by atoms with van der Waals surface area (Å²) in [6.45, 7) is 7.22. The molecular formula is C25H29N7O. The smallest absolute Gasteiger partial charge is 0.273 e. The van der Waals surface area contributed by atoms with Crippen molar-refractivity contribution in [2.45, 2.75) is 45.6 Å². The van der Waals surface area contributed by atoms with E-state index in [0.717, 1.165) is 67.1 Å². The van der Waals surface area contributed by atoms with Gasteiger partial charge in [-0.3, -0.25) is 4.79 Å². The average Bonchev–Trinajstić information content (AvgIpc) is 3.57. The van der Waals surface area contributed by atoms with Gasteiger partial charge in [0.25, 0.3) is 5.91 Å². The molecule has 0 bridgehead atoms. The van der Waals surface area contributed by atoms with Crippen molar-refractivity contribution in [3.8, 4) is 0 Å². The summed E-state index contributed by atoms with van der Waals surface area (Å²) in [6, 6.07) is 9.65. The number of pyridine rings is 1. The summed E-state index contributed by atoms with van der Waals surface area (Å²) in [6.07, 6.45) is 7.99. The fourth-order valence-corrected chi connectivity index (χ4v) is 5.37. The molecule has 1 amide bonds. The van der Waals surface area contributed by atoms with Crippen molar-refractivity contribution in [3.63, 3.8) is 0 Å². The molecule has 0 saturated carbocycles. The first-order valence-corrected chi connectivity index (χ1v) is 11.9. The lowest BCUT2D eigenvalue weighted by molar-refractivity contribution is 0.0596. The van der Waals surface area contributed by atoms with E-state index in [4.69, 9.17) is 10.1 Å². The predicted octanol–water partition coefficient (Wildman–Crippen LogP) is 3.90. The monoisotopic (exact) mass is 443 g/mol. The Morgan fingerprint density at radius 1 is 1.12 bits per heavy atom. The summed E-state index contributed by atoms with van der Waals surface area (Å²) in [5, 5.41) is 9.24. The Morgan fingerprint density at radius 3 is 2.88 bits per heavy atom. The number of fused-ring (bicyclic) bond motifs is 2. The molecule has 2 aliphatic rings. The lowest BCUT2D eigenvalue weighted by Gasteiger charge is -2.34. The van der Waals surface area contributed by atoms with Crippen LogP contribution in [0.25, 0.3) is 11.2 Å². The molecule has 2 atom stereocenters. The molecule has 170 valence electrons. The highest BCUT2D eigenvalue weighted by Gasteiger charge is 2.32. The van der Waals surface area contributed by atoms with E-state index in [1.54, 1.807) is 10.7 Å². The zero-order valence-electron chi connectivity index (χ0n) is 19.2. The molecule has 2 aliphatic heterocycles. The molecule has 0 aromatic carbocycles. The summed E-state index contributed by atoms with van der Waals surface area (Å²) in [5.74, 6) is 1.76. The number of carbonyl (C=O) groups excluding carboxylic acids is 1. The van der Waals surface area contributed by atoms with E-state index in [1.807, 2.05) is 33.7 Å². The molecular weight excluding hydrogens is 414 g/mol. The third-order valence-electron chi connectivity index (χ3n) is 7.09.